The summed E-state index contributed by atoms with van der Waals surface area (Å²) in [5.41, 5.74) is -0.129. The number of carbonyl (C=O) groups excluding carboxylic acids is 2. The van der Waals surface area contributed by atoms with Gasteiger partial charge in [-0.25, -0.2) is 4.39 Å². The second kappa shape index (κ2) is 12.0. The molecule has 0 unspecified atom stereocenters. The Kier molecular flexibility index (Phi) is 8.47. The number of nitrogens with zero attached hydrogens (tertiary/aromatic N) is 2. The molecule has 0 fully saturated rings. The Morgan fingerprint density at radius 1 is 0.900 bits per heavy atom. The van der Waals surface area contributed by atoms with Crippen molar-refractivity contribution in [3.8, 4) is 0 Å². The molecule has 0 aliphatic heterocycles. The normalized spacial score (nSPS) is 11.3. The molecule has 0 N–H and O–H groups in total. The van der Waals surface area contributed by atoms with Crippen LogP contribution in [0.3, 0.4) is 0 Å². The van der Waals surface area contributed by atoms with Crippen molar-refractivity contribution >= 4 is 22.8 Å². The molecule has 0 saturated carbocycles. The number of amides is 2. The third-order valence-corrected chi connectivity index (χ3v) is 6.17. The van der Waals surface area contributed by atoms with Crippen molar-refractivity contribution in [1.82, 2.24) is 9.80 Å². The lowest BCUT2D eigenvalue weighted by Gasteiger charge is -2.27. The fourth-order valence-corrected chi connectivity index (χ4v) is 4.10. The Morgan fingerprint density at radius 2 is 1.57 bits per heavy atom. The van der Waals surface area contributed by atoms with Crippen LogP contribution >= 0.6 is 0 Å². The SMILES string of the molecule is C=CCN(CC(=O)N(Cc1ccc(F)cc1)Cc1coc2ccccc2c1=O)C(=O)c1ccc(C(F)(F)F)cc1. The van der Waals surface area contributed by atoms with Crippen LogP contribution in [0.25, 0.3) is 11.0 Å². The molecule has 10 heteroatoms. The van der Waals surface area contributed by atoms with Crippen LogP contribution in [-0.4, -0.2) is 34.7 Å². The van der Waals surface area contributed by atoms with E-state index < -0.39 is 35.9 Å². The summed E-state index contributed by atoms with van der Waals surface area (Å²) in [7, 11) is 0. The predicted molar refractivity (Wildman–Crippen MR) is 141 cm³/mol. The van der Waals surface area contributed by atoms with E-state index in [0.717, 1.165) is 29.2 Å². The van der Waals surface area contributed by atoms with Crippen LogP contribution in [-0.2, 0) is 24.1 Å². The number of halogens is 4. The molecule has 1 aromatic heterocycles. The molecule has 6 nitrogen and oxygen atoms in total. The van der Waals surface area contributed by atoms with Crippen molar-refractivity contribution < 1.29 is 31.6 Å². The van der Waals surface area contributed by atoms with Gasteiger partial charge in [0.25, 0.3) is 5.91 Å². The number of fused-ring (bicyclic) bond motifs is 1. The van der Waals surface area contributed by atoms with E-state index in [1.54, 1.807) is 24.3 Å². The number of carbonyl (C=O) groups is 2. The molecule has 4 aromatic rings. The molecule has 0 aliphatic rings. The van der Waals surface area contributed by atoms with Crippen molar-refractivity contribution in [2.75, 3.05) is 13.1 Å². The second-order valence-electron chi connectivity index (χ2n) is 9.01. The molecule has 3 aromatic carbocycles. The van der Waals surface area contributed by atoms with Gasteiger partial charge in [-0.05, 0) is 54.1 Å². The third kappa shape index (κ3) is 6.63. The van der Waals surface area contributed by atoms with Gasteiger partial charge in [0.05, 0.1) is 29.3 Å². The van der Waals surface area contributed by atoms with Crippen molar-refractivity contribution in [1.29, 1.82) is 0 Å². The van der Waals surface area contributed by atoms with Crippen molar-refractivity contribution in [3.63, 3.8) is 0 Å². The lowest BCUT2D eigenvalue weighted by molar-refractivity contribution is -0.137. The molecule has 0 radical (unpaired) electrons. The van der Waals surface area contributed by atoms with E-state index in [-0.39, 0.29) is 36.2 Å². The summed E-state index contributed by atoms with van der Waals surface area (Å²) in [5.74, 6) is -1.69. The van der Waals surface area contributed by atoms with Crippen molar-refractivity contribution in [2.24, 2.45) is 0 Å². The smallest absolute Gasteiger partial charge is 0.416 e. The molecule has 1 heterocycles. The predicted octanol–water partition coefficient (Wildman–Crippen LogP) is 5.81. The van der Waals surface area contributed by atoms with Crippen molar-refractivity contribution in [3.05, 3.63) is 130 Å². The maximum Gasteiger partial charge on any atom is 0.416 e. The van der Waals surface area contributed by atoms with Crippen LogP contribution in [0.1, 0.15) is 27.0 Å². The summed E-state index contributed by atoms with van der Waals surface area (Å²) in [6.07, 6.45) is -1.91. The second-order valence-corrected chi connectivity index (χ2v) is 9.01. The van der Waals surface area contributed by atoms with E-state index in [1.807, 2.05) is 0 Å². The Morgan fingerprint density at radius 3 is 2.23 bits per heavy atom. The van der Waals surface area contributed by atoms with Gasteiger partial charge < -0.3 is 14.2 Å². The summed E-state index contributed by atoms with van der Waals surface area (Å²) in [6, 6.07) is 15.8. The van der Waals surface area contributed by atoms with Crippen LogP contribution < -0.4 is 5.43 Å². The number of hydrogen-bond acceptors (Lipinski definition) is 4. The third-order valence-electron chi connectivity index (χ3n) is 6.17. The van der Waals surface area contributed by atoms with E-state index in [4.69, 9.17) is 4.42 Å². The molecule has 0 spiro atoms. The van der Waals surface area contributed by atoms with Crippen LogP contribution in [0.2, 0.25) is 0 Å². The lowest BCUT2D eigenvalue weighted by atomic mass is 10.1. The van der Waals surface area contributed by atoms with Crippen LogP contribution in [0.4, 0.5) is 17.6 Å². The first-order valence-corrected chi connectivity index (χ1v) is 12.2. The Labute approximate surface area is 226 Å². The highest BCUT2D eigenvalue weighted by Gasteiger charge is 2.31. The Balaban J connectivity index is 1.61. The topological polar surface area (TPSA) is 70.8 Å². The Hall–Kier alpha value is -4.73. The minimum atomic E-state index is -4.56. The number of para-hydroxylation sites is 1. The zero-order valence-corrected chi connectivity index (χ0v) is 21.2. The molecular formula is C30H24F4N2O4. The average Bonchev–Trinajstić information content (AvgIpc) is 2.94. The zero-order valence-electron chi connectivity index (χ0n) is 21.2. The van der Waals surface area contributed by atoms with E-state index >= 15 is 0 Å². The highest BCUT2D eigenvalue weighted by molar-refractivity contribution is 5.96. The summed E-state index contributed by atoms with van der Waals surface area (Å²) >= 11 is 0. The monoisotopic (exact) mass is 552 g/mol. The van der Waals surface area contributed by atoms with Crippen molar-refractivity contribution in [2.45, 2.75) is 19.3 Å². The van der Waals surface area contributed by atoms with Gasteiger partial charge >= 0.3 is 6.18 Å². The fraction of sp³-hybridized carbons (Fsp3) is 0.167. The summed E-state index contributed by atoms with van der Waals surface area (Å²) in [6.45, 7) is 2.91. The van der Waals surface area contributed by atoms with Crippen LogP contribution in [0.5, 0.6) is 0 Å². The van der Waals surface area contributed by atoms with Gasteiger partial charge in [0.2, 0.25) is 5.91 Å². The summed E-state index contributed by atoms with van der Waals surface area (Å²) in [4.78, 5) is 42.2. The van der Waals surface area contributed by atoms with Gasteiger partial charge in [-0.3, -0.25) is 14.4 Å². The molecule has 4 rings (SSSR count). The van der Waals surface area contributed by atoms with Gasteiger partial charge in [-0.15, -0.1) is 6.58 Å². The highest BCUT2D eigenvalue weighted by atomic mass is 19.4. The molecule has 206 valence electrons. The maximum absolute atomic E-state index is 13.5. The number of rotatable bonds is 9. The minimum Gasteiger partial charge on any atom is -0.464 e. The lowest BCUT2D eigenvalue weighted by Crippen LogP contribution is -2.43. The van der Waals surface area contributed by atoms with Gasteiger partial charge in [-0.1, -0.05) is 30.3 Å². The fourth-order valence-electron chi connectivity index (χ4n) is 4.10. The zero-order chi connectivity index (χ0) is 28.9. The molecular weight excluding hydrogens is 528 g/mol. The first-order chi connectivity index (χ1) is 19.1. The van der Waals surface area contributed by atoms with Gasteiger partial charge in [0, 0.05) is 18.7 Å². The van der Waals surface area contributed by atoms with E-state index in [1.165, 1.54) is 41.5 Å². The largest absolute Gasteiger partial charge is 0.464 e. The number of benzene rings is 3. The standard InChI is InChI=1S/C30H24F4N2O4/c1-2-15-35(29(39)21-9-11-23(12-10-21)30(32,33)34)18-27(37)36(16-20-7-13-24(31)14-8-20)17-22-19-40-26-6-4-3-5-25(26)28(22)38/h2-14,19H,1,15-18H2. The molecule has 40 heavy (non-hydrogen) atoms. The van der Waals surface area contributed by atoms with Gasteiger partial charge in [0.15, 0.2) is 5.43 Å². The molecule has 0 aliphatic carbocycles. The van der Waals surface area contributed by atoms with E-state index in [9.17, 15) is 31.9 Å². The number of alkyl halides is 3. The molecule has 0 bridgehead atoms. The van der Waals surface area contributed by atoms with Gasteiger partial charge in [0.1, 0.15) is 17.9 Å². The van der Waals surface area contributed by atoms with Crippen LogP contribution in [0.15, 0.2) is 101 Å². The van der Waals surface area contributed by atoms with Gasteiger partial charge in [-0.2, -0.15) is 13.2 Å². The number of hydrogen-bond donors (Lipinski definition) is 0. The molecule has 0 saturated heterocycles. The molecule has 2 amide bonds. The summed E-state index contributed by atoms with van der Waals surface area (Å²) in [5, 5.41) is 0.333. The quantitative estimate of drug-likeness (QED) is 0.194. The highest BCUT2D eigenvalue weighted by Crippen LogP contribution is 2.29. The maximum atomic E-state index is 13.5. The Bertz CT molecular complexity index is 1580. The van der Waals surface area contributed by atoms with Crippen LogP contribution in [0, 0.1) is 5.82 Å². The summed E-state index contributed by atoms with van der Waals surface area (Å²) < 4.78 is 57.9. The molecule has 0 atom stereocenters. The minimum absolute atomic E-state index is 0.0121. The first kappa shape index (κ1) is 28.3. The van der Waals surface area contributed by atoms with E-state index in [2.05, 4.69) is 6.58 Å². The first-order valence-electron chi connectivity index (χ1n) is 12.2. The van der Waals surface area contributed by atoms with E-state index in [0.29, 0.717) is 16.5 Å². The average molecular weight is 553 g/mol.